The van der Waals surface area contributed by atoms with Crippen LogP contribution in [0.25, 0.3) is 10.9 Å². The number of hydrogen-bond acceptors (Lipinski definition) is 4. The lowest BCUT2D eigenvalue weighted by Crippen LogP contribution is -2.54. The van der Waals surface area contributed by atoms with Gasteiger partial charge >= 0.3 is 6.18 Å². The zero-order valence-electron chi connectivity index (χ0n) is 20.1. The predicted molar refractivity (Wildman–Crippen MR) is 141 cm³/mol. The maximum Gasteiger partial charge on any atom is 0.401 e. The van der Waals surface area contributed by atoms with E-state index in [1.807, 2.05) is 4.90 Å². The fourth-order valence-electron chi connectivity index (χ4n) is 5.48. The van der Waals surface area contributed by atoms with Gasteiger partial charge in [-0.15, -0.1) is 0 Å². The highest BCUT2D eigenvalue weighted by molar-refractivity contribution is 14.1. The highest BCUT2D eigenvalue weighted by Gasteiger charge is 2.41. The van der Waals surface area contributed by atoms with Crippen LogP contribution in [0.3, 0.4) is 0 Å². The third kappa shape index (κ3) is 5.53. The van der Waals surface area contributed by atoms with E-state index in [2.05, 4.69) is 10.3 Å². The van der Waals surface area contributed by atoms with Gasteiger partial charge in [-0.25, -0.2) is 8.78 Å². The summed E-state index contributed by atoms with van der Waals surface area (Å²) in [7, 11) is 0. The van der Waals surface area contributed by atoms with E-state index in [1.165, 1.54) is 0 Å². The van der Waals surface area contributed by atoms with Gasteiger partial charge < -0.3 is 10.3 Å². The van der Waals surface area contributed by atoms with Crippen LogP contribution < -0.4 is 5.32 Å². The molecule has 2 aromatic carbocycles. The molecule has 12 heteroatoms. The number of carbonyl (C=O) groups is 1. The minimum absolute atomic E-state index is 0.0641. The van der Waals surface area contributed by atoms with Crippen LogP contribution in [0.1, 0.15) is 39.6 Å². The second-order valence-electron chi connectivity index (χ2n) is 9.79. The number of likely N-dealkylation sites (tertiary alicyclic amines) is 1. The van der Waals surface area contributed by atoms with E-state index >= 15 is 8.78 Å². The number of aromatic amines is 1. The van der Waals surface area contributed by atoms with Gasteiger partial charge in [0.15, 0.2) is 0 Å². The van der Waals surface area contributed by atoms with Gasteiger partial charge in [-0.3, -0.25) is 19.0 Å². The monoisotopic (exact) mass is 650 g/mol. The molecule has 3 heterocycles. The Bertz CT molecular complexity index is 1330. The Balaban J connectivity index is 1.50. The number of alkyl halides is 4. The molecule has 204 valence electrons. The van der Waals surface area contributed by atoms with Crippen LogP contribution >= 0.6 is 22.6 Å². The maximum absolute atomic E-state index is 15.5. The second-order valence-corrected chi connectivity index (χ2v) is 10.8. The summed E-state index contributed by atoms with van der Waals surface area (Å²) in [5.74, 6) is -1.90. The lowest BCUT2D eigenvalue weighted by molar-refractivity contribution is -0.150. The fraction of sp³-hybridized carbons (Fsp3) is 0.423. The van der Waals surface area contributed by atoms with Crippen molar-refractivity contribution in [3.05, 3.63) is 64.4 Å². The van der Waals surface area contributed by atoms with Crippen LogP contribution in [-0.4, -0.2) is 70.2 Å². The molecule has 1 aromatic heterocycles. The van der Waals surface area contributed by atoms with E-state index in [4.69, 9.17) is 0 Å². The summed E-state index contributed by atoms with van der Waals surface area (Å²) < 4.78 is 83.7. The lowest BCUT2D eigenvalue weighted by atomic mass is 9.91. The van der Waals surface area contributed by atoms with Crippen molar-refractivity contribution < 1.29 is 31.1 Å². The zero-order chi connectivity index (χ0) is 27.2. The van der Waals surface area contributed by atoms with Gasteiger partial charge in [-0.05, 0) is 48.7 Å². The number of hydrogen-bond donors (Lipinski definition) is 2. The Kier molecular flexibility index (Phi) is 7.66. The van der Waals surface area contributed by atoms with E-state index in [-0.39, 0.29) is 34.2 Å². The third-order valence-electron chi connectivity index (χ3n) is 7.12. The molecule has 1 atom stereocenters. The van der Waals surface area contributed by atoms with E-state index in [0.717, 1.165) is 17.0 Å². The molecule has 1 saturated heterocycles. The largest absolute Gasteiger partial charge is 0.401 e. The molecule has 2 N–H and O–H groups in total. The first-order valence-corrected chi connectivity index (χ1v) is 13.3. The van der Waals surface area contributed by atoms with Crippen molar-refractivity contribution in [1.29, 1.82) is 0 Å². The molecule has 0 aliphatic carbocycles. The van der Waals surface area contributed by atoms with Gasteiger partial charge in [0.2, 0.25) is 3.79 Å². The quantitative estimate of drug-likeness (QED) is 0.179. The Morgan fingerprint density at radius 3 is 2.47 bits per heavy atom. The summed E-state index contributed by atoms with van der Waals surface area (Å²) >= 11 is 1.65. The average molecular weight is 650 g/mol. The van der Waals surface area contributed by atoms with Crippen molar-refractivity contribution in [2.24, 2.45) is 0 Å². The molecular formula is C26H25F6IN4O. The SMILES string of the molecule is O=C(I)c1ccc2[nH]c3c(c2c1)CCN(CC(F)(F)F)C3c1c(F)cc(NC2CN(CCCF)C2)cc1F. The van der Waals surface area contributed by atoms with Gasteiger partial charge in [0.25, 0.3) is 0 Å². The minimum atomic E-state index is -4.57. The van der Waals surface area contributed by atoms with Crippen LogP contribution in [0, 0.1) is 11.6 Å². The van der Waals surface area contributed by atoms with Crippen LogP contribution in [-0.2, 0) is 6.42 Å². The first kappa shape index (κ1) is 27.3. The number of H-pyrrole nitrogens is 1. The molecule has 2 aliphatic rings. The topological polar surface area (TPSA) is 51.4 Å². The van der Waals surface area contributed by atoms with Gasteiger partial charge in [-0.1, -0.05) is 0 Å². The molecule has 0 spiro atoms. The summed E-state index contributed by atoms with van der Waals surface area (Å²) in [6, 6.07) is 5.73. The van der Waals surface area contributed by atoms with Gasteiger partial charge in [0.05, 0.1) is 25.3 Å². The molecule has 1 unspecified atom stereocenters. The lowest BCUT2D eigenvalue weighted by Gasteiger charge is -2.40. The molecule has 0 amide bonds. The Morgan fingerprint density at radius 2 is 1.84 bits per heavy atom. The molecule has 2 aliphatic heterocycles. The van der Waals surface area contributed by atoms with E-state index in [9.17, 15) is 22.4 Å². The summed E-state index contributed by atoms with van der Waals surface area (Å²) in [5.41, 5.74) is 1.68. The normalized spacial score (nSPS) is 19.0. The van der Waals surface area contributed by atoms with Crippen molar-refractivity contribution in [3.63, 3.8) is 0 Å². The highest BCUT2D eigenvalue weighted by Crippen LogP contribution is 2.42. The number of benzene rings is 2. The number of aromatic nitrogens is 1. The average Bonchev–Trinajstić information content (AvgIpc) is 3.18. The molecule has 3 aromatic rings. The van der Waals surface area contributed by atoms with Crippen LogP contribution in [0.5, 0.6) is 0 Å². The number of carbonyl (C=O) groups excluding carboxylic acids is 1. The Labute approximate surface area is 228 Å². The number of fused-ring (bicyclic) bond motifs is 3. The highest BCUT2D eigenvalue weighted by atomic mass is 127. The molecule has 5 nitrogen and oxygen atoms in total. The molecule has 0 radical (unpaired) electrons. The third-order valence-corrected chi connectivity index (χ3v) is 7.75. The molecule has 0 saturated carbocycles. The summed E-state index contributed by atoms with van der Waals surface area (Å²) in [4.78, 5) is 18.0. The van der Waals surface area contributed by atoms with Crippen molar-refractivity contribution in [2.75, 3.05) is 44.7 Å². The van der Waals surface area contributed by atoms with E-state index < -0.39 is 42.6 Å². The summed E-state index contributed by atoms with van der Waals surface area (Å²) in [6.07, 6.45) is -3.93. The van der Waals surface area contributed by atoms with Crippen LogP contribution in [0.4, 0.5) is 32.0 Å². The molecule has 5 rings (SSSR count). The molecular weight excluding hydrogens is 625 g/mol. The van der Waals surface area contributed by atoms with Crippen molar-refractivity contribution >= 4 is 43.0 Å². The van der Waals surface area contributed by atoms with Crippen molar-refractivity contribution in [1.82, 2.24) is 14.8 Å². The van der Waals surface area contributed by atoms with Crippen molar-refractivity contribution in [2.45, 2.75) is 31.1 Å². The second kappa shape index (κ2) is 10.7. The number of rotatable bonds is 8. The molecule has 38 heavy (non-hydrogen) atoms. The Hall–Kier alpha value is -2.32. The summed E-state index contributed by atoms with van der Waals surface area (Å²) in [5, 5.41) is 3.71. The zero-order valence-corrected chi connectivity index (χ0v) is 22.3. The molecule has 1 fully saturated rings. The number of nitrogens with one attached hydrogen (secondary N) is 2. The molecule has 0 bridgehead atoms. The van der Waals surface area contributed by atoms with E-state index in [1.54, 1.807) is 40.8 Å². The number of anilines is 1. The van der Waals surface area contributed by atoms with Crippen LogP contribution in [0.15, 0.2) is 30.3 Å². The van der Waals surface area contributed by atoms with Gasteiger partial charge in [0.1, 0.15) is 11.6 Å². The fourth-order valence-corrected chi connectivity index (χ4v) is 5.82. The summed E-state index contributed by atoms with van der Waals surface area (Å²) in [6.45, 7) is 0.00406. The number of nitrogens with zero attached hydrogens (tertiary/aromatic N) is 2. The predicted octanol–water partition coefficient (Wildman–Crippen LogP) is 5.99. The maximum atomic E-state index is 15.5. The standard InChI is InChI=1S/C26H25F6IN4O/c27-5-1-6-36-11-16(12-36)34-15-9-19(28)22(20(29)10-15)24-23-17(4-7-37(24)13-26(30,31)32)18-8-14(25(33)38)2-3-21(18)35-23/h2-3,8-10,16,24,34-35H,1,4-7,11-13H2. The number of halogens is 7. The Morgan fingerprint density at radius 1 is 1.13 bits per heavy atom. The van der Waals surface area contributed by atoms with E-state index in [0.29, 0.717) is 48.1 Å². The smallest absolute Gasteiger partial charge is 0.380 e. The van der Waals surface area contributed by atoms with Crippen molar-refractivity contribution in [3.8, 4) is 0 Å². The first-order valence-electron chi connectivity index (χ1n) is 12.2. The van der Waals surface area contributed by atoms with Crippen LogP contribution in [0.2, 0.25) is 0 Å². The minimum Gasteiger partial charge on any atom is -0.380 e. The van der Waals surface area contributed by atoms with Gasteiger partial charge in [0, 0.05) is 82.2 Å². The first-order chi connectivity index (χ1) is 18.0. The van der Waals surface area contributed by atoms with Gasteiger partial charge in [-0.2, -0.15) is 13.2 Å².